The van der Waals surface area contributed by atoms with E-state index in [1.54, 1.807) is 18.2 Å². The van der Waals surface area contributed by atoms with Crippen LogP contribution < -0.4 is 5.32 Å². The monoisotopic (exact) mass is 340 g/mol. The van der Waals surface area contributed by atoms with E-state index in [4.69, 9.17) is 23.8 Å². The number of thiocarbonyl (C=S) groups is 1. The Morgan fingerprint density at radius 2 is 2.14 bits per heavy atom. The molecule has 1 saturated heterocycles. The third-order valence-electron chi connectivity index (χ3n) is 2.77. The van der Waals surface area contributed by atoms with Crippen LogP contribution in [-0.4, -0.2) is 39.9 Å². The van der Waals surface area contributed by atoms with Gasteiger partial charge in [0.2, 0.25) is 11.8 Å². The predicted molar refractivity (Wildman–Crippen MR) is 90.3 cm³/mol. The highest BCUT2D eigenvalue weighted by atomic mass is 35.5. The normalized spacial score (nSPS) is 15.0. The smallest absolute Gasteiger partial charge is 0.244 e. The molecule has 1 heterocycles. The average Bonchev–Trinajstić information content (AvgIpc) is 2.78. The van der Waals surface area contributed by atoms with E-state index >= 15 is 0 Å². The van der Waals surface area contributed by atoms with Gasteiger partial charge in [-0.1, -0.05) is 47.7 Å². The first kappa shape index (κ1) is 16.0. The number of hydrogen-bond acceptors (Lipinski definition) is 4. The predicted octanol–water partition coefficient (Wildman–Crippen LogP) is 2.33. The number of carbonyl (C=O) groups is 2. The number of amides is 2. The third-order valence-corrected chi connectivity index (χ3v) is 4.46. The summed E-state index contributed by atoms with van der Waals surface area (Å²) in [7, 11) is 0. The second-order valence-electron chi connectivity index (χ2n) is 4.28. The minimum Gasteiger partial charge on any atom is -0.351 e. The Kier molecular flexibility index (Phi) is 5.78. The molecule has 0 radical (unpaired) electrons. The maximum atomic E-state index is 11.7. The average molecular weight is 341 g/mol. The Labute approximate surface area is 137 Å². The number of halogens is 1. The summed E-state index contributed by atoms with van der Waals surface area (Å²) < 4.78 is 0.575. The Hall–Kier alpha value is -1.37. The van der Waals surface area contributed by atoms with Crippen molar-refractivity contribution >= 4 is 57.8 Å². The van der Waals surface area contributed by atoms with Crippen molar-refractivity contribution in [3.63, 3.8) is 0 Å². The van der Waals surface area contributed by atoms with E-state index in [9.17, 15) is 9.59 Å². The molecule has 1 aromatic carbocycles. The highest BCUT2D eigenvalue weighted by Crippen LogP contribution is 2.18. The van der Waals surface area contributed by atoms with E-state index in [0.29, 0.717) is 28.2 Å². The molecule has 0 aliphatic carbocycles. The summed E-state index contributed by atoms with van der Waals surface area (Å²) >= 11 is 12.2. The molecule has 0 aromatic heterocycles. The molecule has 2 amide bonds. The third kappa shape index (κ3) is 4.84. The summed E-state index contributed by atoms with van der Waals surface area (Å²) in [4.78, 5) is 24.7. The number of hydrogen-bond donors (Lipinski definition) is 1. The molecule has 1 aliphatic rings. The summed E-state index contributed by atoms with van der Waals surface area (Å²) in [6.07, 6.45) is 3.15. The summed E-state index contributed by atoms with van der Waals surface area (Å²) in [5.41, 5.74) is 0.891. The molecule has 0 saturated carbocycles. The highest BCUT2D eigenvalue weighted by molar-refractivity contribution is 8.23. The number of nitrogens with zero attached hydrogens (tertiary/aromatic N) is 1. The number of carbonyl (C=O) groups excluding carboxylic acids is 2. The van der Waals surface area contributed by atoms with Gasteiger partial charge in [0.15, 0.2) is 0 Å². The van der Waals surface area contributed by atoms with Gasteiger partial charge in [0.05, 0.1) is 5.75 Å². The fourth-order valence-corrected chi connectivity index (χ4v) is 2.94. The van der Waals surface area contributed by atoms with Crippen LogP contribution in [0.2, 0.25) is 5.02 Å². The van der Waals surface area contributed by atoms with Crippen LogP contribution in [0.25, 0.3) is 6.08 Å². The molecule has 0 bridgehead atoms. The Balaban J connectivity index is 1.76. The van der Waals surface area contributed by atoms with Crippen molar-refractivity contribution in [3.8, 4) is 0 Å². The lowest BCUT2D eigenvalue weighted by molar-refractivity contribution is -0.124. The van der Waals surface area contributed by atoms with Crippen molar-refractivity contribution < 1.29 is 9.59 Å². The first-order valence-electron chi connectivity index (χ1n) is 6.25. The summed E-state index contributed by atoms with van der Waals surface area (Å²) in [5, 5.41) is 3.37. The molecule has 0 spiro atoms. The van der Waals surface area contributed by atoms with Crippen LogP contribution in [0.15, 0.2) is 30.3 Å². The summed E-state index contributed by atoms with van der Waals surface area (Å²) in [6.45, 7) is 0.779. The molecule has 7 heteroatoms. The van der Waals surface area contributed by atoms with Crippen molar-refractivity contribution in [2.24, 2.45) is 0 Å². The van der Waals surface area contributed by atoms with Gasteiger partial charge >= 0.3 is 0 Å². The van der Waals surface area contributed by atoms with E-state index in [0.717, 1.165) is 5.56 Å². The lowest BCUT2D eigenvalue weighted by atomic mass is 10.2. The van der Waals surface area contributed by atoms with Crippen LogP contribution in [0.5, 0.6) is 0 Å². The fraction of sp³-hybridized carbons (Fsp3) is 0.214. The van der Waals surface area contributed by atoms with Crippen molar-refractivity contribution in [3.05, 3.63) is 40.9 Å². The molecule has 4 nitrogen and oxygen atoms in total. The molecular formula is C14H13ClN2O2S2. The SMILES string of the molecule is O=C(/C=C/c1ccc(Cl)cc1)NCCN1C(=O)CSC1=S. The van der Waals surface area contributed by atoms with Gasteiger partial charge in [-0.2, -0.15) is 0 Å². The minimum absolute atomic E-state index is 0.00375. The fourth-order valence-electron chi connectivity index (χ4n) is 1.69. The summed E-state index contributed by atoms with van der Waals surface area (Å²) in [5.74, 6) is 0.176. The second kappa shape index (κ2) is 7.59. The molecule has 1 fully saturated rings. The molecule has 21 heavy (non-hydrogen) atoms. The number of thioether (sulfide) groups is 1. The van der Waals surface area contributed by atoms with Gasteiger partial charge in [-0.25, -0.2) is 0 Å². The van der Waals surface area contributed by atoms with E-state index in [2.05, 4.69) is 5.32 Å². The van der Waals surface area contributed by atoms with Crippen molar-refractivity contribution in [2.75, 3.05) is 18.8 Å². The first-order valence-corrected chi connectivity index (χ1v) is 8.02. The zero-order valence-electron chi connectivity index (χ0n) is 11.0. The first-order chi connectivity index (χ1) is 10.1. The Bertz CT molecular complexity index is 571. The molecule has 1 aromatic rings. The van der Waals surface area contributed by atoms with Crippen LogP contribution in [0.3, 0.4) is 0 Å². The lowest BCUT2D eigenvalue weighted by Gasteiger charge is -2.14. The van der Waals surface area contributed by atoms with Crippen LogP contribution in [-0.2, 0) is 9.59 Å². The molecule has 0 atom stereocenters. The van der Waals surface area contributed by atoms with Gasteiger partial charge in [-0.05, 0) is 23.8 Å². The number of benzene rings is 1. The van der Waals surface area contributed by atoms with Crippen LogP contribution >= 0.6 is 35.6 Å². The standard InChI is InChI=1S/C14H13ClN2O2S2/c15-11-4-1-10(2-5-11)3-6-12(18)16-7-8-17-13(19)9-21-14(17)20/h1-6H,7-9H2,(H,16,18)/b6-3+. The molecule has 1 aliphatic heterocycles. The van der Waals surface area contributed by atoms with E-state index in [-0.39, 0.29) is 11.8 Å². The second-order valence-corrected chi connectivity index (χ2v) is 6.32. The van der Waals surface area contributed by atoms with Gasteiger partial charge in [0.25, 0.3) is 0 Å². The zero-order chi connectivity index (χ0) is 15.2. The molecular weight excluding hydrogens is 328 g/mol. The highest BCUT2D eigenvalue weighted by Gasteiger charge is 2.25. The van der Waals surface area contributed by atoms with Gasteiger partial charge in [0.1, 0.15) is 4.32 Å². The topological polar surface area (TPSA) is 49.4 Å². The van der Waals surface area contributed by atoms with E-state index in [1.165, 1.54) is 22.7 Å². The quantitative estimate of drug-likeness (QED) is 0.660. The van der Waals surface area contributed by atoms with Crippen LogP contribution in [0.4, 0.5) is 0 Å². The van der Waals surface area contributed by atoms with Crippen molar-refractivity contribution in [1.29, 1.82) is 0 Å². The number of rotatable bonds is 5. The molecule has 2 rings (SSSR count). The number of nitrogens with one attached hydrogen (secondary N) is 1. The maximum absolute atomic E-state index is 11.7. The van der Waals surface area contributed by atoms with Gasteiger partial charge < -0.3 is 5.32 Å². The van der Waals surface area contributed by atoms with Crippen LogP contribution in [0.1, 0.15) is 5.56 Å². The maximum Gasteiger partial charge on any atom is 0.244 e. The van der Waals surface area contributed by atoms with E-state index < -0.39 is 0 Å². The van der Waals surface area contributed by atoms with E-state index in [1.807, 2.05) is 12.1 Å². The molecule has 0 unspecified atom stereocenters. The lowest BCUT2D eigenvalue weighted by Crippen LogP contribution is -2.36. The summed E-state index contributed by atoms with van der Waals surface area (Å²) in [6, 6.07) is 7.17. The Morgan fingerprint density at radius 3 is 2.76 bits per heavy atom. The molecule has 110 valence electrons. The van der Waals surface area contributed by atoms with Gasteiger partial charge in [-0.15, -0.1) is 0 Å². The van der Waals surface area contributed by atoms with Gasteiger partial charge in [0, 0.05) is 24.2 Å². The van der Waals surface area contributed by atoms with Crippen molar-refractivity contribution in [2.45, 2.75) is 0 Å². The Morgan fingerprint density at radius 1 is 1.43 bits per heavy atom. The van der Waals surface area contributed by atoms with Gasteiger partial charge in [-0.3, -0.25) is 14.5 Å². The zero-order valence-corrected chi connectivity index (χ0v) is 13.4. The molecule has 1 N–H and O–H groups in total. The largest absolute Gasteiger partial charge is 0.351 e. The minimum atomic E-state index is -0.213. The van der Waals surface area contributed by atoms with Crippen molar-refractivity contribution in [1.82, 2.24) is 10.2 Å². The van der Waals surface area contributed by atoms with Crippen LogP contribution in [0, 0.1) is 0 Å².